The topological polar surface area (TPSA) is 76.2 Å². The van der Waals surface area contributed by atoms with Gasteiger partial charge in [0.1, 0.15) is 13.2 Å². The number of nitrogens with one attached hydrogen (secondary N) is 2. The third-order valence-electron chi connectivity index (χ3n) is 5.65. The van der Waals surface area contributed by atoms with E-state index < -0.39 is 0 Å². The third-order valence-corrected chi connectivity index (χ3v) is 5.88. The van der Waals surface area contributed by atoms with E-state index in [9.17, 15) is 4.79 Å². The van der Waals surface area contributed by atoms with Crippen LogP contribution in [0.4, 0.5) is 0 Å². The highest BCUT2D eigenvalue weighted by Crippen LogP contribution is 2.39. The van der Waals surface area contributed by atoms with Gasteiger partial charge in [0, 0.05) is 53.4 Å². The fourth-order valence-corrected chi connectivity index (χ4v) is 4.22. The molecule has 1 atom stereocenters. The summed E-state index contributed by atoms with van der Waals surface area (Å²) < 4.78 is 11.5. The highest BCUT2D eigenvalue weighted by Gasteiger charge is 2.24. The predicted octanol–water partition coefficient (Wildman–Crippen LogP) is 4.83. The van der Waals surface area contributed by atoms with Crippen molar-refractivity contribution in [1.29, 1.82) is 0 Å². The molecule has 32 heavy (non-hydrogen) atoms. The quantitative estimate of drug-likeness (QED) is 0.444. The minimum absolute atomic E-state index is 0.0434. The lowest BCUT2D eigenvalue weighted by molar-refractivity contribution is -0.121. The SMILES string of the molecule is O=C(C[C@@H](c1ccc2c(c1)OCCO2)c1c[nH]c2ccc(Cl)cc12)NCc1ccncc1. The van der Waals surface area contributed by atoms with Crippen molar-refractivity contribution in [3.8, 4) is 11.5 Å². The summed E-state index contributed by atoms with van der Waals surface area (Å²) in [6.45, 7) is 1.50. The molecule has 6 nitrogen and oxygen atoms in total. The number of nitrogens with zero attached hydrogens (tertiary/aromatic N) is 1. The van der Waals surface area contributed by atoms with Gasteiger partial charge >= 0.3 is 0 Å². The zero-order valence-corrected chi connectivity index (χ0v) is 18.1. The fourth-order valence-electron chi connectivity index (χ4n) is 4.05. The smallest absolute Gasteiger partial charge is 0.221 e. The van der Waals surface area contributed by atoms with E-state index in [4.69, 9.17) is 21.1 Å². The average molecular weight is 448 g/mol. The Bertz CT molecular complexity index is 1260. The summed E-state index contributed by atoms with van der Waals surface area (Å²) in [6.07, 6.45) is 5.67. The lowest BCUT2D eigenvalue weighted by Gasteiger charge is -2.22. The van der Waals surface area contributed by atoms with Gasteiger partial charge in [-0.1, -0.05) is 17.7 Å². The Kier molecular flexibility index (Phi) is 5.69. The number of carbonyl (C=O) groups excluding carboxylic acids is 1. The molecule has 5 rings (SSSR count). The Labute approximate surface area is 190 Å². The minimum Gasteiger partial charge on any atom is -0.486 e. The predicted molar refractivity (Wildman–Crippen MR) is 123 cm³/mol. The first kappa shape index (κ1) is 20.4. The Hall–Kier alpha value is -3.51. The Morgan fingerprint density at radius 3 is 2.72 bits per heavy atom. The van der Waals surface area contributed by atoms with Crippen LogP contribution in [0.3, 0.4) is 0 Å². The summed E-state index contributed by atoms with van der Waals surface area (Å²) in [7, 11) is 0. The van der Waals surface area contributed by atoms with Crippen LogP contribution < -0.4 is 14.8 Å². The van der Waals surface area contributed by atoms with Gasteiger partial charge in [0.2, 0.25) is 5.91 Å². The number of amides is 1. The van der Waals surface area contributed by atoms with Gasteiger partial charge in [-0.3, -0.25) is 9.78 Å². The van der Waals surface area contributed by atoms with Crippen LogP contribution in [0.1, 0.15) is 29.0 Å². The number of pyridine rings is 1. The van der Waals surface area contributed by atoms with E-state index in [0.717, 1.165) is 33.3 Å². The second-order valence-corrected chi connectivity index (χ2v) is 8.16. The van der Waals surface area contributed by atoms with Gasteiger partial charge in [-0.05, 0) is 59.2 Å². The van der Waals surface area contributed by atoms with Gasteiger partial charge in [-0.25, -0.2) is 0 Å². The monoisotopic (exact) mass is 447 g/mol. The van der Waals surface area contributed by atoms with Gasteiger partial charge in [0.05, 0.1) is 0 Å². The fraction of sp³-hybridized carbons (Fsp3) is 0.200. The largest absolute Gasteiger partial charge is 0.486 e. The van der Waals surface area contributed by atoms with Crippen molar-refractivity contribution in [3.05, 3.63) is 88.8 Å². The third kappa shape index (κ3) is 4.27. The molecule has 4 aromatic rings. The van der Waals surface area contributed by atoms with Crippen LogP contribution in [0.2, 0.25) is 5.02 Å². The van der Waals surface area contributed by atoms with Crippen molar-refractivity contribution in [2.75, 3.05) is 13.2 Å². The maximum atomic E-state index is 13.0. The molecule has 1 aliphatic rings. The molecule has 2 aromatic heterocycles. The number of H-pyrrole nitrogens is 1. The summed E-state index contributed by atoms with van der Waals surface area (Å²) in [6, 6.07) is 15.4. The highest BCUT2D eigenvalue weighted by molar-refractivity contribution is 6.31. The molecule has 3 heterocycles. The summed E-state index contributed by atoms with van der Waals surface area (Å²) >= 11 is 6.28. The molecule has 0 bridgehead atoms. The molecule has 1 amide bonds. The van der Waals surface area contributed by atoms with Crippen molar-refractivity contribution < 1.29 is 14.3 Å². The number of carbonyl (C=O) groups is 1. The molecular formula is C25H22ClN3O3. The van der Waals surface area contributed by atoms with E-state index in [1.165, 1.54) is 0 Å². The van der Waals surface area contributed by atoms with E-state index in [2.05, 4.69) is 15.3 Å². The number of halogens is 1. The van der Waals surface area contributed by atoms with E-state index in [1.54, 1.807) is 12.4 Å². The molecule has 2 aromatic carbocycles. The average Bonchev–Trinajstić information content (AvgIpc) is 3.24. The number of fused-ring (bicyclic) bond motifs is 2. The van der Waals surface area contributed by atoms with Crippen molar-refractivity contribution >= 4 is 28.4 Å². The molecule has 7 heteroatoms. The normalized spacial score (nSPS) is 13.7. The molecule has 162 valence electrons. The molecule has 0 fully saturated rings. The molecule has 1 aliphatic heterocycles. The van der Waals surface area contributed by atoms with Crippen molar-refractivity contribution in [3.63, 3.8) is 0 Å². The highest BCUT2D eigenvalue weighted by atomic mass is 35.5. The van der Waals surface area contributed by atoms with Crippen LogP contribution in [0.25, 0.3) is 10.9 Å². The number of ether oxygens (including phenoxy) is 2. The van der Waals surface area contributed by atoms with E-state index in [0.29, 0.717) is 30.5 Å². The van der Waals surface area contributed by atoms with Crippen LogP contribution >= 0.6 is 11.6 Å². The molecule has 2 N–H and O–H groups in total. The van der Waals surface area contributed by atoms with Crippen LogP contribution in [-0.4, -0.2) is 29.1 Å². The lowest BCUT2D eigenvalue weighted by atomic mass is 9.87. The van der Waals surface area contributed by atoms with Gasteiger partial charge in [-0.15, -0.1) is 0 Å². The maximum Gasteiger partial charge on any atom is 0.221 e. The second-order valence-electron chi connectivity index (χ2n) is 7.73. The van der Waals surface area contributed by atoms with E-state index >= 15 is 0 Å². The maximum absolute atomic E-state index is 13.0. The number of aromatic amines is 1. The Balaban J connectivity index is 1.47. The Morgan fingerprint density at radius 2 is 1.88 bits per heavy atom. The first-order valence-corrected chi connectivity index (χ1v) is 10.9. The standard InChI is InChI=1S/C25H22ClN3O3/c26-18-2-3-22-20(12-18)21(15-28-22)19(13-25(30)29-14-16-5-7-27-8-6-16)17-1-4-23-24(11-17)32-10-9-31-23/h1-8,11-12,15,19,28H,9-10,13-14H2,(H,29,30)/t19-/m0/s1. The summed E-state index contributed by atoms with van der Waals surface area (Å²) in [5.74, 6) is 1.20. The van der Waals surface area contributed by atoms with Gasteiger partial charge in [0.15, 0.2) is 11.5 Å². The molecular weight excluding hydrogens is 426 g/mol. The molecule has 0 radical (unpaired) electrons. The van der Waals surface area contributed by atoms with Crippen LogP contribution in [0.15, 0.2) is 67.1 Å². The number of aromatic nitrogens is 2. The van der Waals surface area contributed by atoms with Crippen molar-refractivity contribution in [1.82, 2.24) is 15.3 Å². The lowest BCUT2D eigenvalue weighted by Crippen LogP contribution is -2.25. The number of rotatable bonds is 6. The van der Waals surface area contributed by atoms with Gasteiger partial charge < -0.3 is 19.8 Å². The molecule has 0 spiro atoms. The Morgan fingerprint density at radius 1 is 1.06 bits per heavy atom. The van der Waals surface area contributed by atoms with Gasteiger partial charge in [-0.2, -0.15) is 0 Å². The van der Waals surface area contributed by atoms with Crippen LogP contribution in [0.5, 0.6) is 11.5 Å². The summed E-state index contributed by atoms with van der Waals surface area (Å²) in [4.78, 5) is 20.3. The zero-order valence-electron chi connectivity index (χ0n) is 17.3. The summed E-state index contributed by atoms with van der Waals surface area (Å²) in [5, 5.41) is 4.68. The molecule has 0 unspecified atom stereocenters. The first-order chi connectivity index (χ1) is 15.7. The number of hydrogen-bond donors (Lipinski definition) is 2. The van der Waals surface area contributed by atoms with Gasteiger partial charge in [0.25, 0.3) is 0 Å². The second kappa shape index (κ2) is 8.93. The molecule has 0 aliphatic carbocycles. The van der Waals surface area contributed by atoms with Crippen molar-refractivity contribution in [2.45, 2.75) is 18.9 Å². The zero-order chi connectivity index (χ0) is 21.9. The first-order valence-electron chi connectivity index (χ1n) is 10.5. The molecule has 0 saturated heterocycles. The van der Waals surface area contributed by atoms with Crippen LogP contribution in [-0.2, 0) is 11.3 Å². The molecule has 0 saturated carbocycles. The number of benzene rings is 2. The number of hydrogen-bond acceptors (Lipinski definition) is 4. The summed E-state index contributed by atoms with van der Waals surface area (Å²) in [5.41, 5.74) is 3.97. The van der Waals surface area contributed by atoms with E-state index in [1.807, 2.05) is 54.7 Å². The minimum atomic E-state index is -0.185. The van der Waals surface area contributed by atoms with Crippen LogP contribution in [0, 0.1) is 0 Å². The van der Waals surface area contributed by atoms with Crippen molar-refractivity contribution in [2.24, 2.45) is 0 Å². The van der Waals surface area contributed by atoms with E-state index in [-0.39, 0.29) is 18.2 Å².